The van der Waals surface area contributed by atoms with Crippen molar-refractivity contribution in [3.8, 4) is 0 Å². The average molecular weight is 306 g/mol. The second-order valence-electron chi connectivity index (χ2n) is 5.22. The van der Waals surface area contributed by atoms with Crippen molar-refractivity contribution >= 4 is 23.4 Å². The fourth-order valence-corrected chi connectivity index (χ4v) is 3.50. The highest BCUT2D eigenvalue weighted by molar-refractivity contribution is 7.99. The van der Waals surface area contributed by atoms with Crippen molar-refractivity contribution in [3.63, 3.8) is 0 Å². The second kappa shape index (κ2) is 6.66. The van der Waals surface area contributed by atoms with Crippen molar-refractivity contribution in [3.05, 3.63) is 64.2 Å². The summed E-state index contributed by atoms with van der Waals surface area (Å²) in [6.07, 6.45) is 0. The van der Waals surface area contributed by atoms with Gasteiger partial charge in [-0.1, -0.05) is 41.4 Å². The zero-order valence-corrected chi connectivity index (χ0v) is 13.6. The summed E-state index contributed by atoms with van der Waals surface area (Å²) in [6, 6.07) is 14.6. The monoisotopic (exact) mass is 305 g/mol. The van der Waals surface area contributed by atoms with Gasteiger partial charge >= 0.3 is 0 Å². The predicted molar refractivity (Wildman–Crippen MR) is 89.6 cm³/mol. The SMILES string of the molecule is Cc1ccc(SC(c2ccc(Cl)cc2)C(C)N)c(C)c1. The lowest BCUT2D eigenvalue weighted by Gasteiger charge is -2.22. The Hall–Kier alpha value is -0.960. The molecule has 2 aromatic carbocycles. The number of aryl methyl sites for hydroxylation is 2. The van der Waals surface area contributed by atoms with E-state index in [1.54, 1.807) is 0 Å². The van der Waals surface area contributed by atoms with Crippen molar-refractivity contribution in [2.45, 2.75) is 37.0 Å². The first kappa shape index (κ1) is 15.4. The molecule has 2 unspecified atom stereocenters. The van der Waals surface area contributed by atoms with Crippen molar-refractivity contribution in [1.82, 2.24) is 0 Å². The second-order valence-corrected chi connectivity index (χ2v) is 6.84. The summed E-state index contributed by atoms with van der Waals surface area (Å²) < 4.78 is 0. The third-order valence-corrected chi connectivity index (χ3v) is 5.18. The highest BCUT2D eigenvalue weighted by atomic mass is 35.5. The largest absolute Gasteiger partial charge is 0.327 e. The van der Waals surface area contributed by atoms with Crippen LogP contribution in [0.15, 0.2) is 47.4 Å². The van der Waals surface area contributed by atoms with E-state index in [9.17, 15) is 0 Å². The van der Waals surface area contributed by atoms with Gasteiger partial charge in [0.05, 0.1) is 0 Å². The molecule has 0 bridgehead atoms. The van der Waals surface area contributed by atoms with Crippen LogP contribution in [-0.4, -0.2) is 6.04 Å². The Morgan fingerprint density at radius 2 is 1.70 bits per heavy atom. The molecule has 0 radical (unpaired) electrons. The molecule has 2 aromatic rings. The molecule has 3 heteroatoms. The van der Waals surface area contributed by atoms with E-state index in [0.717, 1.165) is 5.02 Å². The van der Waals surface area contributed by atoms with Gasteiger partial charge in [0, 0.05) is 21.2 Å². The molecule has 0 heterocycles. The molecule has 2 N–H and O–H groups in total. The summed E-state index contributed by atoms with van der Waals surface area (Å²) in [4.78, 5) is 1.29. The Morgan fingerprint density at radius 1 is 1.05 bits per heavy atom. The van der Waals surface area contributed by atoms with Crippen LogP contribution < -0.4 is 5.73 Å². The lowest BCUT2D eigenvalue weighted by atomic mass is 10.1. The Balaban J connectivity index is 2.28. The molecule has 0 saturated heterocycles. The zero-order chi connectivity index (χ0) is 14.7. The van der Waals surface area contributed by atoms with Crippen LogP contribution in [0.3, 0.4) is 0 Å². The summed E-state index contributed by atoms with van der Waals surface area (Å²) in [5, 5.41) is 0.988. The predicted octanol–water partition coefficient (Wildman–Crippen LogP) is 5.14. The summed E-state index contributed by atoms with van der Waals surface area (Å²) in [5.74, 6) is 0. The standard InChI is InChI=1S/C17H20ClNS/c1-11-4-9-16(12(2)10-11)20-17(13(3)19)14-5-7-15(18)8-6-14/h4-10,13,17H,19H2,1-3H3. The van der Waals surface area contributed by atoms with Crippen molar-refractivity contribution < 1.29 is 0 Å². The van der Waals surface area contributed by atoms with E-state index in [0.29, 0.717) is 0 Å². The van der Waals surface area contributed by atoms with Crippen LogP contribution >= 0.6 is 23.4 Å². The van der Waals surface area contributed by atoms with E-state index in [1.165, 1.54) is 21.6 Å². The summed E-state index contributed by atoms with van der Waals surface area (Å²) >= 11 is 7.78. The van der Waals surface area contributed by atoms with Crippen molar-refractivity contribution in [1.29, 1.82) is 0 Å². The van der Waals surface area contributed by atoms with Gasteiger partial charge in [-0.3, -0.25) is 0 Å². The summed E-state index contributed by atoms with van der Waals surface area (Å²) in [5.41, 5.74) is 9.99. The first-order chi connectivity index (χ1) is 9.47. The highest BCUT2D eigenvalue weighted by Gasteiger charge is 2.18. The van der Waals surface area contributed by atoms with E-state index >= 15 is 0 Å². The minimum atomic E-state index is 0.0712. The summed E-state index contributed by atoms with van der Waals surface area (Å²) in [6.45, 7) is 6.31. The molecule has 20 heavy (non-hydrogen) atoms. The normalized spacial score (nSPS) is 14.1. The molecule has 0 spiro atoms. The van der Waals surface area contributed by atoms with Crippen LogP contribution in [0, 0.1) is 13.8 Å². The van der Waals surface area contributed by atoms with E-state index in [4.69, 9.17) is 17.3 Å². The van der Waals surface area contributed by atoms with Crippen LogP contribution in [0.4, 0.5) is 0 Å². The molecule has 2 atom stereocenters. The van der Waals surface area contributed by atoms with Gasteiger partial charge in [-0.05, 0) is 50.1 Å². The Morgan fingerprint density at radius 3 is 2.25 bits per heavy atom. The van der Waals surface area contributed by atoms with Crippen LogP contribution in [0.2, 0.25) is 5.02 Å². The molecule has 0 aliphatic rings. The fourth-order valence-electron chi connectivity index (χ4n) is 2.20. The van der Waals surface area contributed by atoms with E-state index in [1.807, 2.05) is 23.9 Å². The number of halogens is 1. The molecule has 2 rings (SSSR count). The molecule has 0 aliphatic heterocycles. The molecule has 106 valence electrons. The van der Waals surface area contributed by atoms with Gasteiger partial charge in [-0.25, -0.2) is 0 Å². The van der Waals surface area contributed by atoms with Gasteiger partial charge in [0.2, 0.25) is 0 Å². The number of hydrogen-bond acceptors (Lipinski definition) is 2. The number of nitrogens with two attached hydrogens (primary N) is 1. The maximum Gasteiger partial charge on any atom is 0.0492 e. The topological polar surface area (TPSA) is 26.0 Å². The first-order valence-corrected chi connectivity index (χ1v) is 7.98. The van der Waals surface area contributed by atoms with Gasteiger partial charge in [-0.15, -0.1) is 11.8 Å². The molecule has 0 saturated carbocycles. The minimum absolute atomic E-state index is 0.0712. The van der Waals surface area contributed by atoms with Gasteiger partial charge in [-0.2, -0.15) is 0 Å². The molecule has 0 aliphatic carbocycles. The quantitative estimate of drug-likeness (QED) is 0.792. The number of rotatable bonds is 4. The molecular weight excluding hydrogens is 286 g/mol. The molecule has 0 fully saturated rings. The summed E-state index contributed by atoms with van der Waals surface area (Å²) in [7, 11) is 0. The molecule has 1 nitrogen and oxygen atoms in total. The van der Waals surface area contributed by atoms with Crippen LogP contribution in [0.5, 0.6) is 0 Å². The van der Waals surface area contributed by atoms with Gasteiger partial charge in [0.15, 0.2) is 0 Å². The fraction of sp³-hybridized carbons (Fsp3) is 0.294. The van der Waals surface area contributed by atoms with Gasteiger partial charge < -0.3 is 5.73 Å². The van der Waals surface area contributed by atoms with E-state index in [2.05, 4.69) is 51.1 Å². The molecule has 0 amide bonds. The Labute approximate surface area is 130 Å². The first-order valence-electron chi connectivity index (χ1n) is 6.72. The highest BCUT2D eigenvalue weighted by Crippen LogP contribution is 2.39. The van der Waals surface area contributed by atoms with Crippen LogP contribution in [-0.2, 0) is 0 Å². The van der Waals surface area contributed by atoms with Crippen molar-refractivity contribution in [2.75, 3.05) is 0 Å². The Bertz CT molecular complexity index is 578. The third kappa shape index (κ3) is 3.78. The van der Waals surface area contributed by atoms with E-state index < -0.39 is 0 Å². The number of hydrogen-bond donors (Lipinski definition) is 1. The maximum atomic E-state index is 6.18. The average Bonchev–Trinajstić information content (AvgIpc) is 2.39. The smallest absolute Gasteiger partial charge is 0.0492 e. The lowest BCUT2D eigenvalue weighted by Crippen LogP contribution is -2.22. The number of benzene rings is 2. The third-order valence-electron chi connectivity index (χ3n) is 3.26. The maximum absolute atomic E-state index is 6.18. The zero-order valence-electron chi connectivity index (χ0n) is 12.1. The minimum Gasteiger partial charge on any atom is -0.327 e. The molecule has 0 aromatic heterocycles. The number of thioether (sulfide) groups is 1. The van der Waals surface area contributed by atoms with Crippen molar-refractivity contribution in [2.24, 2.45) is 5.73 Å². The van der Waals surface area contributed by atoms with Gasteiger partial charge in [0.25, 0.3) is 0 Å². The van der Waals surface area contributed by atoms with Crippen LogP contribution in [0.1, 0.15) is 28.9 Å². The van der Waals surface area contributed by atoms with Crippen LogP contribution in [0.25, 0.3) is 0 Å². The van der Waals surface area contributed by atoms with Gasteiger partial charge in [0.1, 0.15) is 0 Å². The lowest BCUT2D eigenvalue weighted by molar-refractivity contribution is 0.721. The molecular formula is C17H20ClNS. The van der Waals surface area contributed by atoms with E-state index in [-0.39, 0.29) is 11.3 Å². The Kier molecular flexibility index (Phi) is 5.14.